The Morgan fingerprint density at radius 2 is 1.96 bits per heavy atom. The number of likely N-dealkylation sites (N-methyl/N-ethyl adjacent to an activating group) is 1. The molecule has 1 fully saturated rings. The zero-order chi connectivity index (χ0) is 18.8. The van der Waals surface area contributed by atoms with Gasteiger partial charge < -0.3 is 14.4 Å². The minimum Gasteiger partial charge on any atom is -0.357 e. The zero-order valence-corrected chi connectivity index (χ0v) is 16.7. The minimum absolute atomic E-state index is 0.526. The van der Waals surface area contributed by atoms with Crippen molar-refractivity contribution in [1.82, 2.24) is 19.4 Å². The van der Waals surface area contributed by atoms with Crippen LogP contribution in [-0.4, -0.2) is 53.2 Å². The molecule has 0 bridgehead atoms. The maximum absolute atomic E-state index is 6.08. The van der Waals surface area contributed by atoms with Crippen LogP contribution in [0.4, 0.5) is 5.82 Å². The van der Waals surface area contributed by atoms with Crippen LogP contribution in [0.2, 0.25) is 5.02 Å². The fourth-order valence-corrected chi connectivity index (χ4v) is 3.99. The Balaban J connectivity index is 1.43. The highest BCUT2D eigenvalue weighted by atomic mass is 35.5. The smallest absolute Gasteiger partial charge is 0.129 e. The Bertz CT molecular complexity index is 912. The summed E-state index contributed by atoms with van der Waals surface area (Å²) in [5, 5.41) is 1.84. The second-order valence-corrected chi connectivity index (χ2v) is 7.99. The maximum atomic E-state index is 6.08. The highest BCUT2D eigenvalue weighted by Crippen LogP contribution is 2.30. The number of rotatable bonds is 5. The molecule has 0 N–H and O–H groups in total. The van der Waals surface area contributed by atoms with Gasteiger partial charge in [-0.15, -0.1) is 0 Å². The predicted octanol–water partition coefficient (Wildman–Crippen LogP) is 4.03. The summed E-state index contributed by atoms with van der Waals surface area (Å²) in [6.45, 7) is 4.05. The lowest BCUT2D eigenvalue weighted by Gasteiger charge is -2.33. The number of halogens is 1. The predicted molar refractivity (Wildman–Crippen MR) is 112 cm³/mol. The summed E-state index contributed by atoms with van der Waals surface area (Å²) < 4.78 is 2.32. The average Bonchev–Trinajstić information content (AvgIpc) is 3.15. The first-order valence-electron chi connectivity index (χ1n) is 9.57. The number of anilines is 1. The van der Waals surface area contributed by atoms with Crippen molar-refractivity contribution in [1.29, 1.82) is 0 Å². The third-order valence-electron chi connectivity index (χ3n) is 5.36. The van der Waals surface area contributed by atoms with Crippen LogP contribution in [0.25, 0.3) is 10.9 Å². The van der Waals surface area contributed by atoms with Gasteiger partial charge in [0.05, 0.1) is 5.52 Å². The second kappa shape index (κ2) is 7.87. The first-order valence-corrected chi connectivity index (χ1v) is 9.95. The first kappa shape index (κ1) is 18.3. The van der Waals surface area contributed by atoms with E-state index in [1.165, 1.54) is 5.82 Å². The van der Waals surface area contributed by atoms with Crippen LogP contribution in [0.1, 0.15) is 24.6 Å². The fourth-order valence-electron chi connectivity index (χ4n) is 3.81. The van der Waals surface area contributed by atoms with Crippen LogP contribution in [0, 0.1) is 0 Å². The molecule has 0 atom stereocenters. The van der Waals surface area contributed by atoms with Gasteiger partial charge in [0.1, 0.15) is 11.6 Å². The van der Waals surface area contributed by atoms with E-state index in [9.17, 15) is 0 Å². The van der Waals surface area contributed by atoms with E-state index in [1.54, 1.807) is 0 Å². The molecule has 1 saturated heterocycles. The van der Waals surface area contributed by atoms with E-state index < -0.39 is 0 Å². The SMILES string of the molecule is CN(C)CCn1ccnc1C1CCN(c2ccc3cc(Cl)ccc3n2)CC1. The maximum Gasteiger partial charge on any atom is 0.129 e. The molecule has 0 saturated carbocycles. The molecule has 0 spiro atoms. The Morgan fingerprint density at radius 1 is 1.15 bits per heavy atom. The Kier molecular flexibility index (Phi) is 5.32. The molecule has 1 aromatic carbocycles. The van der Waals surface area contributed by atoms with E-state index in [2.05, 4.69) is 51.8 Å². The van der Waals surface area contributed by atoms with Crippen LogP contribution in [-0.2, 0) is 6.54 Å². The van der Waals surface area contributed by atoms with Crippen molar-refractivity contribution in [2.75, 3.05) is 38.6 Å². The topological polar surface area (TPSA) is 37.2 Å². The van der Waals surface area contributed by atoms with Gasteiger partial charge >= 0.3 is 0 Å². The molecule has 6 heteroatoms. The number of piperidine rings is 1. The molecule has 4 rings (SSSR count). The Morgan fingerprint density at radius 3 is 2.74 bits per heavy atom. The first-order chi connectivity index (χ1) is 13.1. The molecule has 0 aliphatic carbocycles. The molecule has 0 amide bonds. The van der Waals surface area contributed by atoms with Crippen LogP contribution in [0.15, 0.2) is 42.7 Å². The highest BCUT2D eigenvalue weighted by Gasteiger charge is 2.24. The number of imidazole rings is 1. The van der Waals surface area contributed by atoms with Crippen molar-refractivity contribution in [2.24, 2.45) is 0 Å². The van der Waals surface area contributed by atoms with Crippen LogP contribution in [0.5, 0.6) is 0 Å². The van der Waals surface area contributed by atoms with Crippen molar-refractivity contribution in [3.63, 3.8) is 0 Å². The summed E-state index contributed by atoms with van der Waals surface area (Å²) in [6, 6.07) is 10.1. The van der Waals surface area contributed by atoms with Gasteiger partial charge in [-0.2, -0.15) is 0 Å². The molecule has 5 nitrogen and oxygen atoms in total. The van der Waals surface area contributed by atoms with E-state index in [0.29, 0.717) is 5.92 Å². The molecule has 0 radical (unpaired) electrons. The summed E-state index contributed by atoms with van der Waals surface area (Å²) in [4.78, 5) is 14.1. The van der Waals surface area contributed by atoms with Gasteiger partial charge in [-0.25, -0.2) is 9.97 Å². The summed E-state index contributed by atoms with van der Waals surface area (Å²) in [5.74, 6) is 2.81. The van der Waals surface area contributed by atoms with Gasteiger partial charge in [0.25, 0.3) is 0 Å². The number of pyridine rings is 1. The van der Waals surface area contributed by atoms with Crippen molar-refractivity contribution in [3.8, 4) is 0 Å². The lowest BCUT2D eigenvalue weighted by atomic mass is 9.96. The molecule has 3 heterocycles. The zero-order valence-electron chi connectivity index (χ0n) is 16.0. The van der Waals surface area contributed by atoms with E-state index in [0.717, 1.165) is 60.8 Å². The fraction of sp³-hybridized carbons (Fsp3) is 0.429. The molecule has 1 aliphatic rings. The van der Waals surface area contributed by atoms with Gasteiger partial charge in [0, 0.05) is 54.9 Å². The third kappa shape index (κ3) is 4.09. The molecule has 27 heavy (non-hydrogen) atoms. The standard InChI is InChI=1S/C21H26ClN5/c1-25(2)13-14-27-12-9-23-21(27)16-7-10-26(11-8-16)20-6-3-17-15-18(22)4-5-19(17)24-20/h3-6,9,12,15-16H,7-8,10-11,13-14H2,1-2H3. The quantitative estimate of drug-likeness (QED) is 0.666. The van der Waals surface area contributed by atoms with Gasteiger partial charge in [-0.1, -0.05) is 11.6 Å². The summed E-state index contributed by atoms with van der Waals surface area (Å²) in [7, 11) is 4.22. The number of fused-ring (bicyclic) bond motifs is 1. The molecule has 2 aromatic heterocycles. The van der Waals surface area contributed by atoms with Crippen LogP contribution < -0.4 is 4.90 Å². The Labute approximate surface area is 165 Å². The lowest BCUT2D eigenvalue weighted by molar-refractivity contribution is 0.372. The lowest BCUT2D eigenvalue weighted by Crippen LogP contribution is -2.34. The highest BCUT2D eigenvalue weighted by molar-refractivity contribution is 6.31. The third-order valence-corrected chi connectivity index (χ3v) is 5.59. The summed E-state index contributed by atoms with van der Waals surface area (Å²) in [6.07, 6.45) is 6.27. The van der Waals surface area contributed by atoms with E-state index in [-0.39, 0.29) is 0 Å². The van der Waals surface area contributed by atoms with Crippen molar-refractivity contribution in [2.45, 2.75) is 25.3 Å². The van der Waals surface area contributed by atoms with E-state index >= 15 is 0 Å². The van der Waals surface area contributed by atoms with E-state index in [1.807, 2.05) is 24.4 Å². The van der Waals surface area contributed by atoms with Crippen molar-refractivity contribution >= 4 is 28.3 Å². The molecule has 1 aliphatic heterocycles. The number of hydrogen-bond donors (Lipinski definition) is 0. The second-order valence-electron chi connectivity index (χ2n) is 7.55. The van der Waals surface area contributed by atoms with Crippen LogP contribution >= 0.6 is 11.6 Å². The van der Waals surface area contributed by atoms with Gasteiger partial charge in [0.2, 0.25) is 0 Å². The normalized spacial score (nSPS) is 15.8. The number of hydrogen-bond acceptors (Lipinski definition) is 4. The van der Waals surface area contributed by atoms with Gasteiger partial charge in [-0.3, -0.25) is 0 Å². The number of nitrogens with zero attached hydrogens (tertiary/aromatic N) is 5. The van der Waals surface area contributed by atoms with Crippen molar-refractivity contribution < 1.29 is 0 Å². The molecule has 142 valence electrons. The van der Waals surface area contributed by atoms with Crippen molar-refractivity contribution in [3.05, 3.63) is 53.6 Å². The number of benzene rings is 1. The Hall–Kier alpha value is -2.11. The number of aromatic nitrogens is 3. The summed E-state index contributed by atoms with van der Waals surface area (Å²) in [5.41, 5.74) is 0.998. The largest absolute Gasteiger partial charge is 0.357 e. The van der Waals surface area contributed by atoms with Gasteiger partial charge in [-0.05, 0) is 57.3 Å². The minimum atomic E-state index is 0.526. The monoisotopic (exact) mass is 383 g/mol. The average molecular weight is 384 g/mol. The van der Waals surface area contributed by atoms with E-state index in [4.69, 9.17) is 16.6 Å². The molecular formula is C21H26ClN5. The van der Waals surface area contributed by atoms with Crippen LogP contribution in [0.3, 0.4) is 0 Å². The molecule has 0 unspecified atom stereocenters. The molecule has 3 aromatic rings. The molecular weight excluding hydrogens is 358 g/mol. The van der Waals surface area contributed by atoms with Gasteiger partial charge in [0.15, 0.2) is 0 Å². The summed E-state index contributed by atoms with van der Waals surface area (Å²) >= 11 is 6.08.